The van der Waals surface area contributed by atoms with Crippen LogP contribution in [0.4, 0.5) is 5.82 Å². The normalized spacial score (nSPS) is 24.6. The molecule has 0 spiro atoms. The number of aromatic nitrogens is 4. The number of carbonyl (C=O) groups is 1. The lowest BCUT2D eigenvalue weighted by Gasteiger charge is -2.34. The molecule has 0 aromatic carbocycles. The van der Waals surface area contributed by atoms with E-state index >= 15 is 0 Å². The van der Waals surface area contributed by atoms with Gasteiger partial charge in [0.15, 0.2) is 0 Å². The van der Waals surface area contributed by atoms with Crippen LogP contribution in [-0.2, 0) is 4.74 Å². The fourth-order valence-electron chi connectivity index (χ4n) is 5.38. The molecule has 3 aromatic rings. The average Bonchev–Trinajstić information content (AvgIpc) is 3.60. The van der Waals surface area contributed by atoms with Gasteiger partial charge in [-0.25, -0.2) is 4.98 Å². The van der Waals surface area contributed by atoms with E-state index in [4.69, 9.17) is 15.2 Å². The van der Waals surface area contributed by atoms with Crippen molar-refractivity contribution in [1.82, 2.24) is 25.3 Å². The van der Waals surface area contributed by atoms with E-state index in [1.165, 1.54) is 10.9 Å². The number of hydrogen-bond acceptors (Lipinski definition) is 8. The fraction of sp³-hybridized carbons (Fsp3) is 0.538. The summed E-state index contributed by atoms with van der Waals surface area (Å²) in [6.45, 7) is 2.79. The minimum absolute atomic E-state index is 0.00392. The van der Waals surface area contributed by atoms with Crippen LogP contribution in [0.1, 0.15) is 60.5 Å². The number of nitrogens with zero attached hydrogens (tertiary/aromatic N) is 4. The Balaban J connectivity index is 1.18. The summed E-state index contributed by atoms with van der Waals surface area (Å²) in [5.41, 5.74) is 8.59. The second-order valence-corrected chi connectivity index (χ2v) is 10.1. The molecule has 3 aromatic heterocycles. The van der Waals surface area contributed by atoms with Gasteiger partial charge in [0, 0.05) is 55.6 Å². The van der Waals surface area contributed by atoms with Crippen LogP contribution in [0.3, 0.4) is 0 Å². The molecule has 0 radical (unpaired) electrons. The molecule has 1 aliphatic carbocycles. The second-order valence-electron chi connectivity index (χ2n) is 10.1. The van der Waals surface area contributed by atoms with Crippen molar-refractivity contribution >= 4 is 22.8 Å². The number of amides is 1. The van der Waals surface area contributed by atoms with Gasteiger partial charge in [0.05, 0.1) is 6.10 Å². The molecule has 5 heterocycles. The lowest BCUT2D eigenvalue weighted by molar-refractivity contribution is 0.0643. The molecular weight excluding hydrogens is 458 g/mol. The highest BCUT2D eigenvalue weighted by molar-refractivity contribution is 5.93. The van der Waals surface area contributed by atoms with Crippen molar-refractivity contribution in [3.63, 3.8) is 0 Å². The molecule has 2 unspecified atom stereocenters. The van der Waals surface area contributed by atoms with E-state index in [0.29, 0.717) is 18.2 Å². The van der Waals surface area contributed by atoms with Crippen LogP contribution in [0.15, 0.2) is 30.6 Å². The minimum Gasteiger partial charge on any atom is -0.461 e. The van der Waals surface area contributed by atoms with Crippen LogP contribution in [0, 0.1) is 0 Å². The number of rotatable bonds is 7. The summed E-state index contributed by atoms with van der Waals surface area (Å²) >= 11 is 0. The molecule has 10 nitrogen and oxygen atoms in total. The predicted octanol–water partition coefficient (Wildman–Crippen LogP) is 2.51. The Hall–Kier alpha value is -3.24. The number of H-pyrrole nitrogens is 1. The SMILES string of the molecule is NC1CCC1NC(=O)c1cc(N2CCC(c3c[nH]c4ncccc34)CC2)nc(OC[C@H]2CCCO2)n1. The largest absolute Gasteiger partial charge is 0.461 e. The van der Waals surface area contributed by atoms with E-state index < -0.39 is 0 Å². The van der Waals surface area contributed by atoms with Crippen LogP contribution in [0.2, 0.25) is 0 Å². The van der Waals surface area contributed by atoms with Crippen molar-refractivity contribution in [1.29, 1.82) is 0 Å². The first-order valence-electron chi connectivity index (χ1n) is 13.0. The Morgan fingerprint density at radius 3 is 2.86 bits per heavy atom. The topological polar surface area (TPSA) is 131 Å². The van der Waals surface area contributed by atoms with Crippen molar-refractivity contribution in [3.05, 3.63) is 41.9 Å². The fourth-order valence-corrected chi connectivity index (χ4v) is 5.38. The Bertz CT molecular complexity index is 1220. The Morgan fingerprint density at radius 1 is 1.22 bits per heavy atom. The molecule has 0 bridgehead atoms. The third kappa shape index (κ3) is 4.75. The van der Waals surface area contributed by atoms with Gasteiger partial charge in [-0.05, 0) is 62.1 Å². The van der Waals surface area contributed by atoms with Crippen LogP contribution in [0.5, 0.6) is 6.01 Å². The van der Waals surface area contributed by atoms with Gasteiger partial charge in [-0.1, -0.05) is 0 Å². The lowest BCUT2D eigenvalue weighted by atomic mass is 9.87. The van der Waals surface area contributed by atoms with E-state index in [-0.39, 0.29) is 30.1 Å². The number of piperidine rings is 1. The van der Waals surface area contributed by atoms with Crippen LogP contribution in [-0.4, -0.2) is 70.3 Å². The highest BCUT2D eigenvalue weighted by atomic mass is 16.5. The van der Waals surface area contributed by atoms with Crippen LogP contribution in [0.25, 0.3) is 11.0 Å². The van der Waals surface area contributed by atoms with Gasteiger partial charge in [-0.15, -0.1) is 0 Å². The van der Waals surface area contributed by atoms with Crippen molar-refractivity contribution in [2.45, 2.75) is 62.6 Å². The van der Waals surface area contributed by atoms with Crippen molar-refractivity contribution in [2.24, 2.45) is 5.73 Å². The predicted molar refractivity (Wildman–Crippen MR) is 135 cm³/mol. The number of hydrogen-bond donors (Lipinski definition) is 3. The smallest absolute Gasteiger partial charge is 0.319 e. The van der Waals surface area contributed by atoms with Crippen LogP contribution < -0.4 is 20.7 Å². The third-order valence-corrected chi connectivity index (χ3v) is 7.73. The summed E-state index contributed by atoms with van der Waals surface area (Å²) in [5.74, 6) is 0.926. The molecule has 36 heavy (non-hydrogen) atoms. The standard InChI is InChI=1S/C26H33N7O3/c27-20-5-6-21(20)30-25(34)22-13-23(32-26(31-22)36-15-17-3-2-12-35-17)33-10-7-16(8-11-33)19-14-29-24-18(19)4-1-9-28-24/h1,4,9,13-14,16-17,20-21H,2-3,5-8,10-12,15,27H2,(H,28,29)(H,30,34)/t17-,20?,21?/m1/s1. The van der Waals surface area contributed by atoms with Gasteiger partial charge in [0.1, 0.15) is 23.8 Å². The third-order valence-electron chi connectivity index (χ3n) is 7.73. The highest BCUT2D eigenvalue weighted by Gasteiger charge is 2.30. The molecule has 3 aliphatic rings. The molecule has 1 saturated carbocycles. The molecule has 2 saturated heterocycles. The summed E-state index contributed by atoms with van der Waals surface area (Å²) in [6.07, 6.45) is 9.73. The molecule has 6 rings (SSSR count). The van der Waals surface area contributed by atoms with Crippen molar-refractivity contribution in [2.75, 3.05) is 31.2 Å². The summed E-state index contributed by atoms with van der Waals surface area (Å²) in [7, 11) is 0. The van der Waals surface area contributed by atoms with Crippen LogP contribution >= 0.6 is 0 Å². The zero-order valence-corrected chi connectivity index (χ0v) is 20.4. The first-order valence-corrected chi connectivity index (χ1v) is 13.0. The van der Waals surface area contributed by atoms with E-state index in [9.17, 15) is 4.79 Å². The Labute approximate surface area is 210 Å². The number of anilines is 1. The van der Waals surface area contributed by atoms with E-state index in [2.05, 4.69) is 42.4 Å². The quantitative estimate of drug-likeness (QED) is 0.459. The van der Waals surface area contributed by atoms with Gasteiger partial charge >= 0.3 is 6.01 Å². The maximum Gasteiger partial charge on any atom is 0.319 e. The van der Waals surface area contributed by atoms with Gasteiger partial charge in [-0.3, -0.25) is 4.79 Å². The number of ether oxygens (including phenoxy) is 2. The van der Waals surface area contributed by atoms with Gasteiger partial charge in [-0.2, -0.15) is 9.97 Å². The van der Waals surface area contributed by atoms with E-state index in [1.807, 2.05) is 12.3 Å². The molecule has 2 aliphatic heterocycles. The first kappa shape index (κ1) is 23.2. The average molecular weight is 492 g/mol. The number of pyridine rings is 1. The zero-order valence-electron chi connectivity index (χ0n) is 20.4. The number of carbonyl (C=O) groups excluding carboxylic acids is 1. The molecule has 10 heteroatoms. The van der Waals surface area contributed by atoms with Gasteiger partial charge in [0.2, 0.25) is 0 Å². The number of nitrogens with two attached hydrogens (primary N) is 1. The molecule has 3 fully saturated rings. The zero-order chi connectivity index (χ0) is 24.5. The lowest BCUT2D eigenvalue weighted by Crippen LogP contribution is -2.54. The minimum atomic E-state index is -0.234. The number of aromatic amines is 1. The number of fused-ring (bicyclic) bond motifs is 1. The van der Waals surface area contributed by atoms with Crippen molar-refractivity contribution < 1.29 is 14.3 Å². The van der Waals surface area contributed by atoms with E-state index in [1.54, 1.807) is 6.07 Å². The maximum absolute atomic E-state index is 13.0. The first-order chi connectivity index (χ1) is 17.6. The van der Waals surface area contributed by atoms with Crippen molar-refractivity contribution in [3.8, 4) is 6.01 Å². The Kier molecular flexibility index (Phi) is 6.45. The molecule has 4 N–H and O–H groups in total. The monoisotopic (exact) mass is 491 g/mol. The summed E-state index contributed by atoms with van der Waals surface area (Å²) in [5, 5.41) is 4.21. The molecule has 3 atom stereocenters. The second kappa shape index (κ2) is 10.0. The van der Waals surface area contributed by atoms with Gasteiger partial charge in [0.25, 0.3) is 5.91 Å². The molecule has 1 amide bonds. The Morgan fingerprint density at radius 2 is 2.11 bits per heavy atom. The van der Waals surface area contributed by atoms with Gasteiger partial charge < -0.3 is 30.4 Å². The maximum atomic E-state index is 13.0. The van der Waals surface area contributed by atoms with E-state index in [0.717, 1.165) is 69.7 Å². The molecule has 190 valence electrons. The highest BCUT2D eigenvalue weighted by Crippen LogP contribution is 2.34. The summed E-state index contributed by atoms with van der Waals surface area (Å²) in [4.78, 5) is 32.1. The molecular formula is C26H33N7O3. The summed E-state index contributed by atoms with van der Waals surface area (Å²) < 4.78 is 11.6. The number of nitrogens with one attached hydrogen (secondary N) is 2. The summed E-state index contributed by atoms with van der Waals surface area (Å²) in [6, 6.07) is 6.10.